The lowest BCUT2D eigenvalue weighted by atomic mass is 9.59. The van der Waals surface area contributed by atoms with Crippen LogP contribution in [0, 0.1) is 28.6 Å². The van der Waals surface area contributed by atoms with E-state index in [1.54, 1.807) is 6.92 Å². The highest BCUT2D eigenvalue weighted by molar-refractivity contribution is 5.86. The average Bonchev–Trinajstić information content (AvgIpc) is 3.13. The first-order valence-electron chi connectivity index (χ1n) is 11.3. The van der Waals surface area contributed by atoms with Gasteiger partial charge in [-0.1, -0.05) is 6.58 Å². The van der Waals surface area contributed by atoms with E-state index in [2.05, 4.69) is 6.58 Å². The van der Waals surface area contributed by atoms with E-state index in [0.29, 0.717) is 38.5 Å². The molecule has 4 saturated carbocycles. The lowest BCUT2D eigenvalue weighted by Crippen LogP contribution is -2.54. The van der Waals surface area contributed by atoms with Gasteiger partial charge in [-0.3, -0.25) is 19.2 Å². The third-order valence-corrected chi connectivity index (χ3v) is 9.34. The van der Waals surface area contributed by atoms with Crippen LogP contribution < -0.4 is 0 Å². The summed E-state index contributed by atoms with van der Waals surface area (Å²) in [4.78, 5) is 50.5. The summed E-state index contributed by atoms with van der Waals surface area (Å²) in [6, 6.07) is 0. The predicted octanol–water partition coefficient (Wildman–Crippen LogP) is 2.48. The quantitative estimate of drug-likeness (QED) is 0.370. The molecular formula is C24H30O8. The first-order valence-corrected chi connectivity index (χ1v) is 11.3. The van der Waals surface area contributed by atoms with Crippen molar-refractivity contribution in [3.8, 4) is 0 Å². The van der Waals surface area contributed by atoms with Gasteiger partial charge in [0.15, 0.2) is 0 Å². The first-order chi connectivity index (χ1) is 15.0. The van der Waals surface area contributed by atoms with Gasteiger partial charge in [-0.25, -0.2) is 0 Å². The van der Waals surface area contributed by atoms with Gasteiger partial charge in [-0.05, 0) is 56.4 Å². The summed E-state index contributed by atoms with van der Waals surface area (Å²) in [5, 5.41) is 0. The summed E-state index contributed by atoms with van der Waals surface area (Å²) in [7, 11) is 1.35. The molecule has 1 spiro atoms. The molecule has 4 aliphatic carbocycles. The fourth-order valence-electron chi connectivity index (χ4n) is 8.53. The van der Waals surface area contributed by atoms with Crippen molar-refractivity contribution in [3.63, 3.8) is 0 Å². The molecule has 0 aromatic rings. The van der Waals surface area contributed by atoms with Gasteiger partial charge in [0.05, 0.1) is 13.0 Å². The maximum Gasteiger partial charge on any atom is 0.316 e. The van der Waals surface area contributed by atoms with Crippen LogP contribution >= 0.6 is 0 Å². The fourth-order valence-corrected chi connectivity index (χ4v) is 8.53. The molecule has 32 heavy (non-hydrogen) atoms. The maximum absolute atomic E-state index is 13.4. The van der Waals surface area contributed by atoms with Crippen LogP contribution in [0.2, 0.25) is 0 Å². The van der Waals surface area contributed by atoms with Crippen LogP contribution in [-0.2, 0) is 38.1 Å². The lowest BCUT2D eigenvalue weighted by molar-refractivity contribution is -0.171. The van der Waals surface area contributed by atoms with Crippen LogP contribution in [0.5, 0.6) is 0 Å². The average molecular weight is 446 g/mol. The van der Waals surface area contributed by atoms with Gasteiger partial charge < -0.3 is 18.9 Å². The third kappa shape index (κ3) is 2.28. The first kappa shape index (κ1) is 21.5. The second-order valence-corrected chi connectivity index (χ2v) is 10.6. The Labute approximate surface area is 187 Å². The number of ether oxygens (including phenoxy) is 4. The zero-order valence-corrected chi connectivity index (χ0v) is 19.0. The number of hydrogen-bond acceptors (Lipinski definition) is 8. The summed E-state index contributed by atoms with van der Waals surface area (Å²) in [6.07, 6.45) is 2.56. The van der Waals surface area contributed by atoms with E-state index in [0.717, 1.165) is 5.57 Å². The molecule has 8 nitrogen and oxygen atoms in total. The Morgan fingerprint density at radius 1 is 1.12 bits per heavy atom. The summed E-state index contributed by atoms with van der Waals surface area (Å²) < 4.78 is 23.0. The molecule has 174 valence electrons. The number of esters is 4. The van der Waals surface area contributed by atoms with Gasteiger partial charge in [0.1, 0.15) is 22.7 Å². The molecular weight excluding hydrogens is 416 g/mol. The van der Waals surface area contributed by atoms with Crippen molar-refractivity contribution >= 4 is 23.9 Å². The zero-order valence-electron chi connectivity index (χ0n) is 19.0. The lowest BCUT2D eigenvalue weighted by Gasteiger charge is -2.46. The van der Waals surface area contributed by atoms with Crippen molar-refractivity contribution in [1.82, 2.24) is 0 Å². The summed E-state index contributed by atoms with van der Waals surface area (Å²) >= 11 is 0. The number of rotatable bonds is 3. The molecule has 1 unspecified atom stereocenters. The molecule has 8 heteroatoms. The normalized spacial score (nSPS) is 47.9. The van der Waals surface area contributed by atoms with E-state index in [1.165, 1.54) is 21.0 Å². The number of fused-ring (bicyclic) bond motifs is 1. The fraction of sp³-hybridized carbons (Fsp3) is 0.750. The molecule has 0 amide bonds. The monoisotopic (exact) mass is 446 g/mol. The van der Waals surface area contributed by atoms with E-state index in [-0.39, 0.29) is 11.9 Å². The van der Waals surface area contributed by atoms with Crippen molar-refractivity contribution in [3.05, 3.63) is 12.2 Å². The minimum absolute atomic E-state index is 0.0870. The minimum Gasteiger partial charge on any atom is -0.469 e. The van der Waals surface area contributed by atoms with Crippen molar-refractivity contribution < 1.29 is 38.1 Å². The SMILES string of the molecule is C=C1C[C@]23C[C@@]1(OC(C)=O)CC[C@H]2[C@@]12CC[C@H](OC(C)=O)C(C)(C(=O)O1)[C@H]2[C@@H]3C(=O)OC. The van der Waals surface area contributed by atoms with Crippen molar-refractivity contribution in [2.75, 3.05) is 7.11 Å². The van der Waals surface area contributed by atoms with Crippen LogP contribution in [0.1, 0.15) is 59.3 Å². The standard InChI is InChI=1S/C24H30O8/c1-12-10-22-11-23(12,31-14(3)26)8-6-15(22)24-9-7-16(30-13(2)25)21(4,20(28)32-24)18(24)17(22)19(27)29-5/h15-18H,1,6-11H2,2-5H3/t15-,16+,17-,18-,21?,22+,23+,24-/m1/s1. The van der Waals surface area contributed by atoms with Gasteiger partial charge in [0, 0.05) is 25.7 Å². The van der Waals surface area contributed by atoms with Gasteiger partial charge in [-0.2, -0.15) is 0 Å². The molecule has 0 aromatic heterocycles. The van der Waals surface area contributed by atoms with Gasteiger partial charge >= 0.3 is 23.9 Å². The Morgan fingerprint density at radius 2 is 1.84 bits per heavy atom. The van der Waals surface area contributed by atoms with Crippen molar-refractivity contribution in [2.45, 2.75) is 76.6 Å². The summed E-state index contributed by atoms with van der Waals surface area (Å²) in [5.74, 6) is -2.88. The van der Waals surface area contributed by atoms with Crippen molar-refractivity contribution in [1.29, 1.82) is 0 Å². The molecule has 8 atom stereocenters. The second-order valence-electron chi connectivity index (χ2n) is 10.6. The highest BCUT2D eigenvalue weighted by atomic mass is 16.6. The van der Waals surface area contributed by atoms with Crippen LogP contribution in [0.3, 0.4) is 0 Å². The minimum atomic E-state index is -1.15. The van der Waals surface area contributed by atoms with Gasteiger partial charge in [-0.15, -0.1) is 0 Å². The number of methoxy groups -OCH3 is 1. The highest BCUT2D eigenvalue weighted by Crippen LogP contribution is 2.79. The topological polar surface area (TPSA) is 105 Å². The van der Waals surface area contributed by atoms with E-state index in [1.807, 2.05) is 0 Å². The zero-order chi connectivity index (χ0) is 23.3. The Bertz CT molecular complexity index is 956. The van der Waals surface area contributed by atoms with E-state index < -0.39 is 57.9 Å². The molecule has 5 aliphatic rings. The molecule has 0 N–H and O–H groups in total. The second kappa shape index (κ2) is 6.35. The molecule has 1 aliphatic heterocycles. The van der Waals surface area contributed by atoms with Gasteiger partial charge in [0.2, 0.25) is 0 Å². The molecule has 1 saturated heterocycles. The molecule has 0 aromatic carbocycles. The molecule has 5 rings (SSSR count). The van der Waals surface area contributed by atoms with Gasteiger partial charge in [0.25, 0.3) is 0 Å². The molecule has 0 radical (unpaired) electrons. The van der Waals surface area contributed by atoms with Crippen LogP contribution in [0.4, 0.5) is 0 Å². The summed E-state index contributed by atoms with van der Waals surface area (Å²) in [5.41, 5.74) is -2.56. The Balaban J connectivity index is 1.68. The summed E-state index contributed by atoms with van der Waals surface area (Å²) in [6.45, 7) is 8.73. The molecule has 5 fully saturated rings. The van der Waals surface area contributed by atoms with Crippen LogP contribution in [0.25, 0.3) is 0 Å². The maximum atomic E-state index is 13.4. The smallest absolute Gasteiger partial charge is 0.316 e. The Kier molecular flexibility index (Phi) is 4.26. The molecule has 4 bridgehead atoms. The van der Waals surface area contributed by atoms with E-state index >= 15 is 0 Å². The van der Waals surface area contributed by atoms with Crippen LogP contribution in [0.15, 0.2) is 12.2 Å². The predicted molar refractivity (Wildman–Crippen MR) is 109 cm³/mol. The number of carbonyl (C=O) groups excluding carboxylic acids is 4. The third-order valence-electron chi connectivity index (χ3n) is 9.34. The highest BCUT2D eigenvalue weighted by Gasteiger charge is 2.85. The van der Waals surface area contributed by atoms with Crippen molar-refractivity contribution in [2.24, 2.45) is 28.6 Å². The number of carbonyl (C=O) groups is 4. The Hall–Kier alpha value is -2.38. The van der Waals surface area contributed by atoms with Crippen LogP contribution in [-0.4, -0.2) is 48.3 Å². The largest absolute Gasteiger partial charge is 0.469 e. The van der Waals surface area contributed by atoms with E-state index in [9.17, 15) is 19.2 Å². The number of hydrogen-bond donors (Lipinski definition) is 0. The van der Waals surface area contributed by atoms with E-state index in [4.69, 9.17) is 18.9 Å². The Morgan fingerprint density at radius 3 is 2.47 bits per heavy atom. The molecule has 1 heterocycles.